The zero-order valence-corrected chi connectivity index (χ0v) is 19.7. The van der Waals surface area contributed by atoms with Crippen molar-refractivity contribution in [3.63, 3.8) is 0 Å². The molecule has 2 aliphatic rings. The Hall–Kier alpha value is -3.94. The zero-order valence-electron chi connectivity index (χ0n) is 19.7. The normalized spacial score (nSPS) is 20.4. The first kappa shape index (κ1) is 22.8. The van der Waals surface area contributed by atoms with Crippen LogP contribution in [0.15, 0.2) is 58.6 Å². The second-order valence-corrected chi connectivity index (χ2v) is 9.02. The van der Waals surface area contributed by atoms with Crippen LogP contribution < -0.4 is 9.64 Å². The molecule has 3 aromatic rings. The number of aliphatic hydroxyl groups excluding tert-OH is 1. The van der Waals surface area contributed by atoms with Crippen molar-refractivity contribution in [3.05, 3.63) is 65.6 Å². The van der Waals surface area contributed by atoms with E-state index in [0.717, 1.165) is 37.7 Å². The third-order valence-corrected chi connectivity index (χ3v) is 6.88. The quantitative estimate of drug-likeness (QED) is 0.320. The topological polar surface area (TPSA) is 106 Å². The van der Waals surface area contributed by atoms with Gasteiger partial charge in [0.25, 0.3) is 11.7 Å². The maximum Gasteiger partial charge on any atom is 0.299 e. The molecular formula is C27H27N3O5. The molecule has 0 radical (unpaired) electrons. The molecule has 1 unspecified atom stereocenters. The second-order valence-electron chi connectivity index (χ2n) is 9.02. The zero-order chi connectivity index (χ0) is 24.5. The van der Waals surface area contributed by atoms with Gasteiger partial charge in [0, 0.05) is 23.7 Å². The van der Waals surface area contributed by atoms with Gasteiger partial charge in [-0.2, -0.15) is 4.98 Å². The maximum atomic E-state index is 13.3. The number of benzene rings is 2. The number of aryl methyl sites for hydroxylation is 1. The highest BCUT2D eigenvalue weighted by Gasteiger charge is 2.49. The van der Waals surface area contributed by atoms with Gasteiger partial charge in [-0.05, 0) is 67.3 Å². The van der Waals surface area contributed by atoms with E-state index < -0.39 is 17.7 Å². The highest BCUT2D eigenvalue weighted by atomic mass is 16.5. The Morgan fingerprint density at radius 2 is 1.71 bits per heavy atom. The first-order chi connectivity index (χ1) is 17.0. The highest BCUT2D eigenvalue weighted by molar-refractivity contribution is 6.51. The Morgan fingerprint density at radius 3 is 2.31 bits per heavy atom. The third-order valence-electron chi connectivity index (χ3n) is 6.88. The minimum Gasteiger partial charge on any atom is -0.507 e. The van der Waals surface area contributed by atoms with E-state index >= 15 is 0 Å². The molecule has 2 fully saturated rings. The molecule has 1 amide bonds. The molecule has 0 spiro atoms. The van der Waals surface area contributed by atoms with Crippen LogP contribution in [0.1, 0.15) is 43.6 Å². The Labute approximate surface area is 203 Å². The standard InChI is InChI=1S/C27H27N3O5/c1-16-28-26(29-35-16)19-8-12-20(13-9-19)30-23(17-6-4-3-5-7-17)22(25(32)27(30)33)24(31)18-10-14-21(34-2)15-11-18/h8-15,17,23,31H,3-7H2,1-2H3/b24-22+. The number of hydrogen-bond donors (Lipinski definition) is 1. The molecule has 1 aliphatic heterocycles. The van der Waals surface area contributed by atoms with E-state index in [9.17, 15) is 14.7 Å². The number of ether oxygens (including phenoxy) is 1. The molecule has 1 N–H and O–H groups in total. The monoisotopic (exact) mass is 473 g/mol. The van der Waals surface area contributed by atoms with Crippen LogP contribution in [0.25, 0.3) is 17.1 Å². The van der Waals surface area contributed by atoms with Crippen LogP contribution in [-0.4, -0.2) is 40.1 Å². The summed E-state index contributed by atoms with van der Waals surface area (Å²) in [7, 11) is 1.56. The highest BCUT2D eigenvalue weighted by Crippen LogP contribution is 2.41. The minimum atomic E-state index is -0.660. The third kappa shape index (κ3) is 4.20. The van der Waals surface area contributed by atoms with Crippen LogP contribution in [0.4, 0.5) is 5.69 Å². The van der Waals surface area contributed by atoms with Crippen LogP contribution in [0, 0.1) is 12.8 Å². The summed E-state index contributed by atoms with van der Waals surface area (Å²) >= 11 is 0. The molecule has 1 saturated heterocycles. The Balaban J connectivity index is 1.57. The fraction of sp³-hybridized carbons (Fsp3) is 0.333. The van der Waals surface area contributed by atoms with Gasteiger partial charge in [0.05, 0.1) is 18.7 Å². The molecule has 1 atom stereocenters. The van der Waals surface area contributed by atoms with E-state index in [1.807, 2.05) is 0 Å². The predicted octanol–water partition coefficient (Wildman–Crippen LogP) is 4.89. The number of hydrogen-bond acceptors (Lipinski definition) is 7. The Morgan fingerprint density at radius 1 is 1.03 bits per heavy atom. The number of Topliss-reactive ketones (excluding diaryl/α,β-unsaturated/α-hetero) is 1. The average molecular weight is 474 g/mol. The van der Waals surface area contributed by atoms with E-state index in [0.29, 0.717) is 28.7 Å². The molecule has 1 aliphatic carbocycles. The molecule has 2 aromatic carbocycles. The number of carbonyl (C=O) groups is 2. The van der Waals surface area contributed by atoms with Crippen molar-refractivity contribution in [1.82, 2.24) is 10.1 Å². The lowest BCUT2D eigenvalue weighted by Gasteiger charge is -2.34. The number of aromatic nitrogens is 2. The lowest BCUT2D eigenvalue weighted by atomic mass is 9.80. The smallest absolute Gasteiger partial charge is 0.299 e. The molecule has 8 nitrogen and oxygen atoms in total. The van der Waals surface area contributed by atoms with E-state index in [4.69, 9.17) is 9.26 Å². The van der Waals surface area contributed by atoms with E-state index in [1.54, 1.807) is 67.5 Å². The van der Waals surface area contributed by atoms with Crippen molar-refractivity contribution in [2.45, 2.75) is 45.1 Å². The van der Waals surface area contributed by atoms with Gasteiger partial charge in [0.2, 0.25) is 11.7 Å². The van der Waals surface area contributed by atoms with Crippen LogP contribution in [-0.2, 0) is 9.59 Å². The minimum absolute atomic E-state index is 0.0779. The number of aliphatic hydroxyl groups is 1. The molecule has 0 bridgehead atoms. The van der Waals surface area contributed by atoms with E-state index in [2.05, 4.69) is 10.1 Å². The number of anilines is 1. The molecule has 180 valence electrons. The summed E-state index contributed by atoms with van der Waals surface area (Å²) in [6, 6.07) is 13.5. The summed E-state index contributed by atoms with van der Waals surface area (Å²) < 4.78 is 10.3. The largest absolute Gasteiger partial charge is 0.507 e. The van der Waals surface area contributed by atoms with Gasteiger partial charge in [0.15, 0.2) is 0 Å². The molecular weight excluding hydrogens is 446 g/mol. The summed E-state index contributed by atoms with van der Waals surface area (Å²) in [5, 5.41) is 15.2. The van der Waals surface area contributed by atoms with Crippen molar-refractivity contribution in [2.24, 2.45) is 5.92 Å². The molecule has 5 rings (SSSR count). The van der Waals surface area contributed by atoms with Crippen molar-refractivity contribution in [2.75, 3.05) is 12.0 Å². The fourth-order valence-electron chi connectivity index (χ4n) is 5.13. The number of amides is 1. The average Bonchev–Trinajstić information content (AvgIpc) is 3.45. The lowest BCUT2D eigenvalue weighted by Crippen LogP contribution is -2.40. The predicted molar refractivity (Wildman–Crippen MR) is 130 cm³/mol. The van der Waals surface area contributed by atoms with Gasteiger partial charge in [0.1, 0.15) is 11.5 Å². The molecule has 8 heteroatoms. The number of carbonyl (C=O) groups excluding carboxylic acids is 2. The summed E-state index contributed by atoms with van der Waals surface area (Å²) in [6.45, 7) is 1.72. The fourth-order valence-corrected chi connectivity index (χ4v) is 5.13. The molecule has 2 heterocycles. The Kier molecular flexibility index (Phi) is 6.11. The first-order valence-electron chi connectivity index (χ1n) is 11.8. The summed E-state index contributed by atoms with van der Waals surface area (Å²) in [6.07, 6.45) is 4.98. The number of ketones is 1. The Bertz CT molecular complexity index is 1270. The van der Waals surface area contributed by atoms with Crippen molar-refractivity contribution in [3.8, 4) is 17.1 Å². The number of nitrogens with zero attached hydrogens (tertiary/aromatic N) is 3. The van der Waals surface area contributed by atoms with Crippen LogP contribution in [0.5, 0.6) is 5.75 Å². The van der Waals surface area contributed by atoms with Gasteiger partial charge in [-0.1, -0.05) is 24.4 Å². The molecule has 1 saturated carbocycles. The van der Waals surface area contributed by atoms with Crippen LogP contribution in [0.3, 0.4) is 0 Å². The van der Waals surface area contributed by atoms with Crippen LogP contribution in [0.2, 0.25) is 0 Å². The maximum absolute atomic E-state index is 13.3. The van der Waals surface area contributed by atoms with Gasteiger partial charge < -0.3 is 14.4 Å². The first-order valence-corrected chi connectivity index (χ1v) is 11.8. The van der Waals surface area contributed by atoms with E-state index in [-0.39, 0.29) is 17.3 Å². The van der Waals surface area contributed by atoms with Gasteiger partial charge in [-0.15, -0.1) is 0 Å². The lowest BCUT2D eigenvalue weighted by molar-refractivity contribution is -0.132. The SMILES string of the molecule is COc1ccc(/C(O)=C2\C(=O)C(=O)N(c3ccc(-c4noc(C)n4)cc3)C2C2CCCCC2)cc1. The van der Waals surface area contributed by atoms with Gasteiger partial charge in [-0.3, -0.25) is 14.5 Å². The summed E-state index contributed by atoms with van der Waals surface area (Å²) in [5.41, 5.74) is 1.99. The van der Waals surface area contributed by atoms with Crippen molar-refractivity contribution >= 4 is 23.1 Å². The number of methoxy groups -OCH3 is 1. The van der Waals surface area contributed by atoms with Crippen molar-refractivity contribution < 1.29 is 24.0 Å². The van der Waals surface area contributed by atoms with Crippen LogP contribution >= 0.6 is 0 Å². The number of rotatable bonds is 5. The van der Waals surface area contributed by atoms with Crippen molar-refractivity contribution in [1.29, 1.82) is 0 Å². The van der Waals surface area contributed by atoms with Gasteiger partial charge >= 0.3 is 0 Å². The van der Waals surface area contributed by atoms with Gasteiger partial charge in [-0.25, -0.2) is 0 Å². The summed E-state index contributed by atoms with van der Waals surface area (Å²) in [5.74, 6) is 0.204. The second kappa shape index (κ2) is 9.37. The molecule has 35 heavy (non-hydrogen) atoms. The van der Waals surface area contributed by atoms with E-state index in [1.165, 1.54) is 0 Å². The molecule has 1 aromatic heterocycles. The summed E-state index contributed by atoms with van der Waals surface area (Å²) in [4.78, 5) is 32.4.